The van der Waals surface area contributed by atoms with E-state index in [1.165, 1.54) is 11.3 Å². The molecule has 2 aliphatic heterocycles. The highest BCUT2D eigenvalue weighted by molar-refractivity contribution is 7.12. The van der Waals surface area contributed by atoms with Crippen molar-refractivity contribution in [3.05, 3.63) is 46.7 Å². The number of anilines is 1. The van der Waals surface area contributed by atoms with E-state index in [-0.39, 0.29) is 30.7 Å². The number of thiophene rings is 1. The van der Waals surface area contributed by atoms with Crippen LogP contribution in [0.2, 0.25) is 0 Å². The molecule has 1 fully saturated rings. The van der Waals surface area contributed by atoms with Crippen molar-refractivity contribution in [3.8, 4) is 5.75 Å². The fourth-order valence-corrected chi connectivity index (χ4v) is 4.30. The molecule has 1 aromatic carbocycles. The third kappa shape index (κ3) is 5.05. The van der Waals surface area contributed by atoms with Gasteiger partial charge in [0.15, 0.2) is 6.10 Å². The molecule has 1 aromatic heterocycles. The number of carbonyl (C=O) groups is 3. The molecule has 4 rings (SSSR count). The molecule has 0 aliphatic carbocycles. The van der Waals surface area contributed by atoms with Gasteiger partial charge < -0.3 is 24.6 Å². The molecule has 9 heteroatoms. The summed E-state index contributed by atoms with van der Waals surface area (Å²) in [5.74, 6) is 0.176. The maximum Gasteiger partial charge on any atom is 0.265 e. The SMILES string of the molecule is O=C(NCCCC(=O)N1CC(C(=O)N2CCOCC2)Oc2ccccc21)c1cccs1. The standard InChI is InChI=1S/C22H25N3O5S/c26-20(8-3-9-23-21(27)19-7-4-14-31-19)25-15-18(22(28)24-10-12-29-13-11-24)30-17-6-2-1-5-16(17)25/h1-2,4-7,14,18H,3,8-13,15H2,(H,23,27). The maximum absolute atomic E-state index is 13.0. The molecule has 1 atom stereocenters. The van der Waals surface area contributed by atoms with Crippen LogP contribution >= 0.6 is 11.3 Å². The van der Waals surface area contributed by atoms with Gasteiger partial charge in [0, 0.05) is 26.1 Å². The van der Waals surface area contributed by atoms with Crippen molar-refractivity contribution in [1.29, 1.82) is 0 Å². The maximum atomic E-state index is 13.0. The van der Waals surface area contributed by atoms with E-state index in [0.29, 0.717) is 55.6 Å². The van der Waals surface area contributed by atoms with Crippen LogP contribution in [0.5, 0.6) is 5.75 Å². The lowest BCUT2D eigenvalue weighted by Crippen LogP contribution is -2.54. The number of fused-ring (bicyclic) bond motifs is 1. The zero-order valence-corrected chi connectivity index (χ0v) is 17.9. The second-order valence-electron chi connectivity index (χ2n) is 7.35. The van der Waals surface area contributed by atoms with E-state index in [0.717, 1.165) is 0 Å². The molecular weight excluding hydrogens is 418 g/mol. The Hall–Kier alpha value is -2.91. The number of hydrogen-bond acceptors (Lipinski definition) is 6. The van der Waals surface area contributed by atoms with Gasteiger partial charge in [-0.25, -0.2) is 0 Å². The minimum absolute atomic E-state index is 0.0964. The Morgan fingerprint density at radius 2 is 1.90 bits per heavy atom. The molecule has 164 valence electrons. The van der Waals surface area contributed by atoms with Crippen LogP contribution in [0.3, 0.4) is 0 Å². The zero-order valence-electron chi connectivity index (χ0n) is 17.1. The van der Waals surface area contributed by atoms with Gasteiger partial charge in [-0.3, -0.25) is 14.4 Å². The number of carbonyl (C=O) groups excluding carboxylic acids is 3. The minimum atomic E-state index is -0.740. The topological polar surface area (TPSA) is 88.2 Å². The van der Waals surface area contributed by atoms with Gasteiger partial charge >= 0.3 is 0 Å². The number of nitrogens with one attached hydrogen (secondary N) is 1. The van der Waals surface area contributed by atoms with Crippen molar-refractivity contribution in [2.24, 2.45) is 0 Å². The van der Waals surface area contributed by atoms with Crippen molar-refractivity contribution in [2.45, 2.75) is 18.9 Å². The van der Waals surface area contributed by atoms with Gasteiger partial charge in [-0.2, -0.15) is 0 Å². The molecule has 3 heterocycles. The van der Waals surface area contributed by atoms with E-state index in [2.05, 4.69) is 5.32 Å². The van der Waals surface area contributed by atoms with Crippen molar-refractivity contribution >= 4 is 34.7 Å². The minimum Gasteiger partial charge on any atom is -0.476 e. The van der Waals surface area contributed by atoms with Gasteiger partial charge in [0.1, 0.15) is 5.75 Å². The normalized spacial score (nSPS) is 18.1. The summed E-state index contributed by atoms with van der Waals surface area (Å²) in [6.45, 7) is 2.65. The third-order valence-electron chi connectivity index (χ3n) is 5.27. The number of rotatable bonds is 6. The molecule has 1 saturated heterocycles. The first-order chi connectivity index (χ1) is 15.1. The molecule has 0 bridgehead atoms. The number of hydrogen-bond donors (Lipinski definition) is 1. The van der Waals surface area contributed by atoms with Crippen molar-refractivity contribution in [2.75, 3.05) is 44.3 Å². The van der Waals surface area contributed by atoms with Crippen LogP contribution in [-0.2, 0) is 14.3 Å². The molecule has 3 amide bonds. The van der Waals surface area contributed by atoms with Gasteiger partial charge in [0.05, 0.1) is 30.3 Å². The summed E-state index contributed by atoms with van der Waals surface area (Å²) in [6.07, 6.45) is 0.0326. The number of nitrogens with zero attached hydrogens (tertiary/aromatic N) is 2. The summed E-state index contributed by atoms with van der Waals surface area (Å²) in [7, 11) is 0. The molecule has 0 radical (unpaired) electrons. The average Bonchev–Trinajstić information content (AvgIpc) is 3.36. The second-order valence-corrected chi connectivity index (χ2v) is 8.30. The molecule has 31 heavy (non-hydrogen) atoms. The molecule has 0 saturated carbocycles. The summed E-state index contributed by atoms with van der Waals surface area (Å²) < 4.78 is 11.3. The van der Waals surface area contributed by atoms with E-state index < -0.39 is 6.10 Å². The monoisotopic (exact) mass is 443 g/mol. The number of benzene rings is 1. The van der Waals surface area contributed by atoms with Gasteiger partial charge in [0.2, 0.25) is 5.91 Å². The lowest BCUT2D eigenvalue weighted by atomic mass is 10.1. The summed E-state index contributed by atoms with van der Waals surface area (Å²) >= 11 is 1.38. The number of amides is 3. The van der Waals surface area contributed by atoms with Crippen LogP contribution in [0.4, 0.5) is 5.69 Å². The van der Waals surface area contributed by atoms with Crippen LogP contribution in [0.25, 0.3) is 0 Å². The van der Waals surface area contributed by atoms with Crippen LogP contribution < -0.4 is 15.0 Å². The highest BCUT2D eigenvalue weighted by Gasteiger charge is 2.36. The summed E-state index contributed by atoms with van der Waals surface area (Å²) in [4.78, 5) is 42.0. The van der Waals surface area contributed by atoms with Gasteiger partial charge in [-0.15, -0.1) is 11.3 Å². The van der Waals surface area contributed by atoms with Gasteiger partial charge in [0.25, 0.3) is 11.8 Å². The molecule has 2 aliphatic rings. The van der Waals surface area contributed by atoms with Crippen LogP contribution in [0.1, 0.15) is 22.5 Å². The summed E-state index contributed by atoms with van der Waals surface area (Å²) in [5, 5.41) is 4.69. The molecule has 1 N–H and O–H groups in total. The predicted octanol–water partition coefficient (Wildman–Crippen LogP) is 1.91. The Morgan fingerprint density at radius 1 is 1.10 bits per heavy atom. The first-order valence-corrected chi connectivity index (χ1v) is 11.3. The smallest absolute Gasteiger partial charge is 0.265 e. The highest BCUT2D eigenvalue weighted by atomic mass is 32.1. The van der Waals surface area contributed by atoms with Crippen molar-refractivity contribution < 1.29 is 23.9 Å². The largest absolute Gasteiger partial charge is 0.476 e. The van der Waals surface area contributed by atoms with Crippen molar-refractivity contribution in [3.63, 3.8) is 0 Å². The molecule has 0 spiro atoms. The Labute approximate surface area is 184 Å². The highest BCUT2D eigenvalue weighted by Crippen LogP contribution is 2.34. The third-order valence-corrected chi connectivity index (χ3v) is 6.14. The first-order valence-electron chi connectivity index (χ1n) is 10.4. The Morgan fingerprint density at radius 3 is 2.68 bits per heavy atom. The zero-order chi connectivity index (χ0) is 21.6. The fraction of sp³-hybridized carbons (Fsp3) is 0.409. The number of morpholine rings is 1. The van der Waals surface area contributed by atoms with Gasteiger partial charge in [-0.05, 0) is 30.0 Å². The summed E-state index contributed by atoms with van der Waals surface area (Å²) in [6, 6.07) is 10.9. The predicted molar refractivity (Wildman–Crippen MR) is 116 cm³/mol. The Bertz CT molecular complexity index is 927. The second kappa shape index (κ2) is 9.93. The van der Waals surface area contributed by atoms with Crippen molar-refractivity contribution in [1.82, 2.24) is 10.2 Å². The Balaban J connectivity index is 1.36. The number of ether oxygens (including phenoxy) is 2. The average molecular weight is 444 g/mol. The van der Waals surface area contributed by atoms with E-state index in [9.17, 15) is 14.4 Å². The molecule has 1 unspecified atom stereocenters. The van der Waals surface area contributed by atoms with Crippen LogP contribution in [-0.4, -0.2) is 68.1 Å². The van der Waals surface area contributed by atoms with E-state index >= 15 is 0 Å². The van der Waals surface area contributed by atoms with E-state index in [1.807, 2.05) is 29.6 Å². The van der Waals surface area contributed by atoms with E-state index in [4.69, 9.17) is 9.47 Å². The van der Waals surface area contributed by atoms with Crippen LogP contribution in [0, 0.1) is 0 Å². The Kier molecular flexibility index (Phi) is 6.83. The fourth-order valence-electron chi connectivity index (χ4n) is 3.66. The number of para-hydroxylation sites is 2. The van der Waals surface area contributed by atoms with Gasteiger partial charge in [-0.1, -0.05) is 18.2 Å². The lowest BCUT2D eigenvalue weighted by molar-refractivity contribution is -0.142. The molecule has 8 nitrogen and oxygen atoms in total. The van der Waals surface area contributed by atoms with Crippen LogP contribution in [0.15, 0.2) is 41.8 Å². The quantitative estimate of drug-likeness (QED) is 0.689. The lowest BCUT2D eigenvalue weighted by Gasteiger charge is -2.37. The molecule has 2 aromatic rings. The summed E-state index contributed by atoms with van der Waals surface area (Å²) in [5.41, 5.74) is 0.668. The van der Waals surface area contributed by atoms with E-state index in [1.54, 1.807) is 21.9 Å². The first kappa shape index (κ1) is 21.3. The molecular formula is C22H25N3O5S.